The Balaban J connectivity index is 1.68. The van der Waals surface area contributed by atoms with Crippen molar-refractivity contribution in [1.82, 2.24) is 4.90 Å². The predicted molar refractivity (Wildman–Crippen MR) is 71.8 cm³/mol. The quantitative estimate of drug-likeness (QED) is 0.874. The zero-order chi connectivity index (χ0) is 12.1. The van der Waals surface area contributed by atoms with Crippen LogP contribution in [0.3, 0.4) is 0 Å². The predicted octanol–water partition coefficient (Wildman–Crippen LogP) is 2.47. The maximum atomic E-state index is 5.83. The molecule has 1 saturated heterocycles. The van der Waals surface area contributed by atoms with Crippen LogP contribution in [-0.2, 0) is 4.74 Å². The minimum Gasteiger partial charge on any atom is -0.384 e. The molecule has 0 radical (unpaired) electrons. The molecule has 1 aliphatic heterocycles. The summed E-state index contributed by atoms with van der Waals surface area (Å²) in [5.41, 5.74) is 1.12. The van der Waals surface area contributed by atoms with Gasteiger partial charge in [-0.2, -0.15) is 0 Å². The number of nitrogens with zero attached hydrogens (tertiary/aromatic N) is 1. The van der Waals surface area contributed by atoms with Crippen LogP contribution in [0.15, 0.2) is 24.3 Å². The zero-order valence-corrected chi connectivity index (χ0v) is 10.9. The first-order chi connectivity index (χ1) is 8.28. The highest BCUT2D eigenvalue weighted by atomic mass is 35.5. The number of likely N-dealkylation sites (tertiary alicyclic amines) is 1. The van der Waals surface area contributed by atoms with E-state index in [2.05, 4.69) is 10.2 Å². The first-order valence-corrected chi connectivity index (χ1v) is 6.40. The standard InChI is InChI=1S/C13H19ClN2O/c1-17-13-6-8-16(10-13)9-7-15-12-4-2-11(14)3-5-12/h2-5,13,15H,6-10H2,1H3. The van der Waals surface area contributed by atoms with Crippen molar-refractivity contribution in [3.8, 4) is 0 Å². The molecule has 0 aliphatic carbocycles. The molecule has 0 aromatic heterocycles. The number of rotatable bonds is 5. The average Bonchev–Trinajstić information content (AvgIpc) is 2.80. The van der Waals surface area contributed by atoms with Crippen LogP contribution in [0.1, 0.15) is 6.42 Å². The third kappa shape index (κ3) is 3.87. The molecular weight excluding hydrogens is 236 g/mol. The van der Waals surface area contributed by atoms with Crippen molar-refractivity contribution in [2.24, 2.45) is 0 Å². The van der Waals surface area contributed by atoms with Gasteiger partial charge in [-0.25, -0.2) is 0 Å². The van der Waals surface area contributed by atoms with Gasteiger partial charge in [-0.05, 0) is 30.7 Å². The van der Waals surface area contributed by atoms with E-state index in [0.29, 0.717) is 6.10 Å². The third-order valence-corrected chi connectivity index (χ3v) is 3.42. The van der Waals surface area contributed by atoms with E-state index in [9.17, 15) is 0 Å². The lowest BCUT2D eigenvalue weighted by Crippen LogP contribution is -2.28. The summed E-state index contributed by atoms with van der Waals surface area (Å²) in [5.74, 6) is 0. The molecule has 1 heterocycles. The summed E-state index contributed by atoms with van der Waals surface area (Å²) < 4.78 is 5.34. The van der Waals surface area contributed by atoms with Gasteiger partial charge >= 0.3 is 0 Å². The van der Waals surface area contributed by atoms with Crippen molar-refractivity contribution in [2.75, 3.05) is 38.6 Å². The number of hydrogen-bond acceptors (Lipinski definition) is 3. The van der Waals surface area contributed by atoms with E-state index >= 15 is 0 Å². The van der Waals surface area contributed by atoms with Crippen molar-refractivity contribution < 1.29 is 4.74 Å². The van der Waals surface area contributed by atoms with E-state index in [0.717, 1.165) is 43.3 Å². The molecule has 0 amide bonds. The molecule has 3 nitrogen and oxygen atoms in total. The first kappa shape index (κ1) is 12.7. The van der Waals surface area contributed by atoms with Crippen molar-refractivity contribution >= 4 is 17.3 Å². The van der Waals surface area contributed by atoms with Crippen molar-refractivity contribution in [3.63, 3.8) is 0 Å². The van der Waals surface area contributed by atoms with Gasteiger partial charge in [-0.15, -0.1) is 0 Å². The second kappa shape index (κ2) is 6.24. The van der Waals surface area contributed by atoms with Crippen LogP contribution in [0.2, 0.25) is 5.02 Å². The highest BCUT2D eigenvalue weighted by Gasteiger charge is 2.20. The van der Waals surface area contributed by atoms with Crippen molar-refractivity contribution in [3.05, 3.63) is 29.3 Å². The maximum absolute atomic E-state index is 5.83. The average molecular weight is 255 g/mol. The zero-order valence-electron chi connectivity index (χ0n) is 10.2. The summed E-state index contributed by atoms with van der Waals surface area (Å²) in [4.78, 5) is 2.43. The molecule has 2 rings (SSSR count). The molecular formula is C13H19ClN2O. The number of methoxy groups -OCH3 is 1. The van der Waals surface area contributed by atoms with Gasteiger partial charge in [0.25, 0.3) is 0 Å². The van der Waals surface area contributed by atoms with Gasteiger partial charge in [0.2, 0.25) is 0 Å². The Kier molecular flexibility index (Phi) is 4.66. The normalized spacial score (nSPS) is 20.7. The van der Waals surface area contributed by atoms with Crippen LogP contribution in [-0.4, -0.2) is 44.3 Å². The Hall–Kier alpha value is -0.770. The van der Waals surface area contributed by atoms with Gasteiger partial charge < -0.3 is 10.1 Å². The van der Waals surface area contributed by atoms with E-state index in [-0.39, 0.29) is 0 Å². The smallest absolute Gasteiger partial charge is 0.0710 e. The van der Waals surface area contributed by atoms with Gasteiger partial charge in [0.1, 0.15) is 0 Å². The van der Waals surface area contributed by atoms with Crippen LogP contribution in [0, 0.1) is 0 Å². The third-order valence-electron chi connectivity index (χ3n) is 3.16. The number of ether oxygens (including phenoxy) is 1. The number of nitrogens with one attached hydrogen (secondary N) is 1. The number of anilines is 1. The highest BCUT2D eigenvalue weighted by Crippen LogP contribution is 2.14. The fraction of sp³-hybridized carbons (Fsp3) is 0.538. The Bertz CT molecular complexity index is 342. The largest absolute Gasteiger partial charge is 0.384 e. The molecule has 1 N–H and O–H groups in total. The summed E-state index contributed by atoms with van der Waals surface area (Å²) in [6.45, 7) is 4.21. The SMILES string of the molecule is COC1CCN(CCNc2ccc(Cl)cc2)C1. The van der Waals surface area contributed by atoms with Gasteiger partial charge in [0.05, 0.1) is 6.10 Å². The van der Waals surface area contributed by atoms with Crippen LogP contribution >= 0.6 is 11.6 Å². The van der Waals surface area contributed by atoms with Gasteiger partial charge in [0.15, 0.2) is 0 Å². The van der Waals surface area contributed by atoms with E-state index in [4.69, 9.17) is 16.3 Å². The second-order valence-corrected chi connectivity index (χ2v) is 4.82. The number of halogens is 1. The molecule has 1 unspecified atom stereocenters. The molecule has 1 fully saturated rings. The molecule has 1 aliphatic rings. The topological polar surface area (TPSA) is 24.5 Å². The lowest BCUT2D eigenvalue weighted by Gasteiger charge is -2.16. The van der Waals surface area contributed by atoms with Crippen molar-refractivity contribution in [1.29, 1.82) is 0 Å². The monoisotopic (exact) mass is 254 g/mol. The van der Waals surface area contributed by atoms with Gasteiger partial charge in [-0.1, -0.05) is 11.6 Å². The molecule has 0 spiro atoms. The highest BCUT2D eigenvalue weighted by molar-refractivity contribution is 6.30. The van der Waals surface area contributed by atoms with Crippen molar-refractivity contribution in [2.45, 2.75) is 12.5 Å². The van der Waals surface area contributed by atoms with E-state index in [1.165, 1.54) is 0 Å². The molecule has 0 saturated carbocycles. The molecule has 4 heteroatoms. The summed E-state index contributed by atoms with van der Waals surface area (Å²) in [7, 11) is 1.79. The van der Waals surface area contributed by atoms with E-state index in [1.807, 2.05) is 24.3 Å². The molecule has 1 aromatic carbocycles. The Morgan fingerprint density at radius 1 is 1.41 bits per heavy atom. The number of benzene rings is 1. The molecule has 94 valence electrons. The molecule has 17 heavy (non-hydrogen) atoms. The Morgan fingerprint density at radius 3 is 2.82 bits per heavy atom. The molecule has 1 atom stereocenters. The summed E-state index contributed by atoms with van der Waals surface area (Å²) in [6, 6.07) is 7.82. The van der Waals surface area contributed by atoms with Gasteiger partial charge in [0, 0.05) is 44.0 Å². The van der Waals surface area contributed by atoms with Gasteiger partial charge in [-0.3, -0.25) is 4.90 Å². The first-order valence-electron chi connectivity index (χ1n) is 6.02. The van der Waals surface area contributed by atoms with Crippen LogP contribution in [0.4, 0.5) is 5.69 Å². The lowest BCUT2D eigenvalue weighted by atomic mass is 10.3. The minimum atomic E-state index is 0.422. The minimum absolute atomic E-state index is 0.422. The fourth-order valence-electron chi connectivity index (χ4n) is 2.12. The maximum Gasteiger partial charge on any atom is 0.0710 e. The Labute approximate surface area is 108 Å². The number of hydrogen-bond donors (Lipinski definition) is 1. The van der Waals surface area contributed by atoms with Crippen LogP contribution < -0.4 is 5.32 Å². The van der Waals surface area contributed by atoms with E-state index < -0.39 is 0 Å². The van der Waals surface area contributed by atoms with Crippen LogP contribution in [0.25, 0.3) is 0 Å². The second-order valence-electron chi connectivity index (χ2n) is 4.38. The molecule has 0 bridgehead atoms. The van der Waals surface area contributed by atoms with E-state index in [1.54, 1.807) is 7.11 Å². The fourth-order valence-corrected chi connectivity index (χ4v) is 2.24. The summed E-state index contributed by atoms with van der Waals surface area (Å²) >= 11 is 5.83. The Morgan fingerprint density at radius 2 is 2.18 bits per heavy atom. The summed E-state index contributed by atoms with van der Waals surface area (Å²) in [6.07, 6.45) is 1.57. The lowest BCUT2D eigenvalue weighted by molar-refractivity contribution is 0.108. The molecule has 1 aromatic rings. The summed E-state index contributed by atoms with van der Waals surface area (Å²) in [5, 5.41) is 4.17. The van der Waals surface area contributed by atoms with Crippen LogP contribution in [0.5, 0.6) is 0 Å².